The number of benzene rings is 2. The van der Waals surface area contributed by atoms with E-state index in [9.17, 15) is 9.59 Å². The second-order valence-corrected chi connectivity index (χ2v) is 12.2. The van der Waals surface area contributed by atoms with Crippen LogP contribution < -0.4 is 0 Å². The number of aromatic nitrogens is 6. The minimum atomic E-state index is 0.0482. The number of fused-ring (bicyclic) bond motifs is 2. The molecule has 8 rings (SSSR count). The molecular formula is C34H31IN8O4. The second kappa shape index (κ2) is 13.9. The summed E-state index contributed by atoms with van der Waals surface area (Å²) >= 11 is 2.21. The summed E-state index contributed by atoms with van der Waals surface area (Å²) in [6, 6.07) is 19.4. The van der Waals surface area contributed by atoms with E-state index in [-0.39, 0.29) is 11.8 Å². The highest BCUT2D eigenvalue weighted by Crippen LogP contribution is 2.26. The summed E-state index contributed by atoms with van der Waals surface area (Å²) in [5.74, 6) is 0.0968. The molecule has 6 aromatic rings. The smallest absolute Gasteiger partial charge is 0.254 e. The number of morpholine rings is 2. The zero-order chi connectivity index (χ0) is 32.2. The van der Waals surface area contributed by atoms with Gasteiger partial charge in [-0.25, -0.2) is 9.97 Å². The molecule has 12 nitrogen and oxygen atoms in total. The first-order valence-electron chi connectivity index (χ1n) is 15.3. The number of aromatic amines is 2. The number of amides is 2. The highest BCUT2D eigenvalue weighted by atomic mass is 127. The third-order valence-corrected chi connectivity index (χ3v) is 8.96. The van der Waals surface area contributed by atoms with Gasteiger partial charge < -0.3 is 19.3 Å². The van der Waals surface area contributed by atoms with Crippen LogP contribution in [0, 0.1) is 3.70 Å². The molecule has 238 valence electrons. The van der Waals surface area contributed by atoms with E-state index >= 15 is 0 Å². The number of carbonyl (C=O) groups is 2. The summed E-state index contributed by atoms with van der Waals surface area (Å²) in [6.45, 7) is 4.99. The third-order valence-electron chi connectivity index (χ3n) is 8.14. The quantitative estimate of drug-likeness (QED) is 0.246. The molecule has 2 aliphatic rings. The van der Waals surface area contributed by atoms with E-state index in [1.807, 2.05) is 70.5 Å². The predicted molar refractivity (Wildman–Crippen MR) is 185 cm³/mol. The molecule has 0 spiro atoms. The predicted octanol–water partition coefficient (Wildman–Crippen LogP) is 4.80. The van der Waals surface area contributed by atoms with Crippen molar-refractivity contribution >= 4 is 56.5 Å². The van der Waals surface area contributed by atoms with Crippen molar-refractivity contribution < 1.29 is 19.1 Å². The minimum Gasteiger partial charge on any atom is -0.378 e. The molecule has 0 aliphatic carbocycles. The van der Waals surface area contributed by atoms with Gasteiger partial charge >= 0.3 is 0 Å². The van der Waals surface area contributed by atoms with Crippen LogP contribution >= 0.6 is 22.6 Å². The van der Waals surface area contributed by atoms with Crippen LogP contribution in [0.2, 0.25) is 0 Å². The number of halogens is 1. The molecule has 0 unspecified atom stereocenters. The van der Waals surface area contributed by atoms with Crippen molar-refractivity contribution in [1.29, 1.82) is 0 Å². The van der Waals surface area contributed by atoms with Crippen LogP contribution in [0.3, 0.4) is 0 Å². The monoisotopic (exact) mass is 742 g/mol. The maximum Gasteiger partial charge on any atom is 0.254 e. The largest absolute Gasteiger partial charge is 0.378 e. The molecule has 6 heterocycles. The number of nitrogens with zero attached hydrogens (tertiary/aromatic N) is 6. The molecule has 4 aromatic heterocycles. The molecule has 2 aliphatic heterocycles. The minimum absolute atomic E-state index is 0.0482. The second-order valence-electron chi connectivity index (χ2n) is 11.1. The van der Waals surface area contributed by atoms with E-state index in [2.05, 4.69) is 53.0 Å². The average Bonchev–Trinajstić information content (AvgIpc) is 3.78. The lowest BCUT2D eigenvalue weighted by atomic mass is 10.0. The standard InChI is InChI=1S/C17H15IN4O2.C17H16N4O2/c18-15-14-9-13(10-19-16(14)21-20-15)11-2-1-3-12(8-11)17(23)22-4-6-24-7-5-22;22-17(21-4-6-23-7-5-21)13-3-1-2-12(8-13)14-9-15-11-19-20-16(15)18-10-14/h1-3,8-10H,4-7H2,(H,19,20,21);1-3,8-11H,4-7H2,(H,18,19,20). The number of carbonyl (C=O) groups excluding carboxylic acids is 2. The van der Waals surface area contributed by atoms with Gasteiger partial charge in [0.15, 0.2) is 11.3 Å². The van der Waals surface area contributed by atoms with Gasteiger partial charge in [-0.2, -0.15) is 10.2 Å². The van der Waals surface area contributed by atoms with Gasteiger partial charge in [-0.1, -0.05) is 24.3 Å². The van der Waals surface area contributed by atoms with E-state index < -0.39 is 0 Å². The van der Waals surface area contributed by atoms with Gasteiger partial charge in [0.25, 0.3) is 11.8 Å². The summed E-state index contributed by atoms with van der Waals surface area (Å²) in [5.41, 5.74) is 6.72. The fourth-order valence-corrected chi connectivity index (χ4v) is 6.10. The van der Waals surface area contributed by atoms with E-state index in [0.29, 0.717) is 69.4 Å². The molecule has 0 saturated carbocycles. The fourth-order valence-electron chi connectivity index (χ4n) is 5.58. The van der Waals surface area contributed by atoms with Crippen LogP contribution in [0.4, 0.5) is 0 Å². The number of nitrogens with one attached hydrogen (secondary N) is 2. The lowest BCUT2D eigenvalue weighted by molar-refractivity contribution is 0.0301. The Labute approximate surface area is 283 Å². The number of hydrogen-bond acceptors (Lipinski definition) is 8. The molecular weight excluding hydrogens is 711 g/mol. The summed E-state index contributed by atoms with van der Waals surface area (Å²) in [4.78, 5) is 37.6. The van der Waals surface area contributed by atoms with Crippen molar-refractivity contribution in [3.8, 4) is 22.3 Å². The zero-order valence-corrected chi connectivity index (χ0v) is 27.5. The molecule has 2 N–H and O–H groups in total. The van der Waals surface area contributed by atoms with Gasteiger partial charge in [-0.15, -0.1) is 0 Å². The third kappa shape index (κ3) is 6.87. The highest BCUT2D eigenvalue weighted by molar-refractivity contribution is 14.1. The summed E-state index contributed by atoms with van der Waals surface area (Å²) in [5, 5.41) is 15.8. The fraction of sp³-hybridized carbons (Fsp3) is 0.235. The van der Waals surface area contributed by atoms with E-state index in [1.54, 1.807) is 18.6 Å². The zero-order valence-electron chi connectivity index (χ0n) is 25.4. The first kappa shape index (κ1) is 30.9. The topological polar surface area (TPSA) is 142 Å². The van der Waals surface area contributed by atoms with Crippen molar-refractivity contribution in [2.45, 2.75) is 0 Å². The van der Waals surface area contributed by atoms with Crippen LogP contribution in [-0.2, 0) is 9.47 Å². The van der Waals surface area contributed by atoms with Crippen LogP contribution in [0.1, 0.15) is 20.7 Å². The van der Waals surface area contributed by atoms with Gasteiger partial charge in [0.1, 0.15) is 3.70 Å². The Morgan fingerprint density at radius 3 is 1.87 bits per heavy atom. The number of rotatable bonds is 4. The van der Waals surface area contributed by atoms with Gasteiger partial charge in [0.2, 0.25) is 0 Å². The molecule has 2 amide bonds. The summed E-state index contributed by atoms with van der Waals surface area (Å²) in [6.07, 6.45) is 5.32. The molecule has 0 bridgehead atoms. The Balaban J connectivity index is 0.000000150. The first-order valence-corrected chi connectivity index (χ1v) is 16.3. The van der Waals surface area contributed by atoms with Crippen LogP contribution in [-0.4, -0.2) is 105 Å². The van der Waals surface area contributed by atoms with Crippen molar-refractivity contribution in [3.05, 3.63) is 94.1 Å². The summed E-state index contributed by atoms with van der Waals surface area (Å²) in [7, 11) is 0. The van der Waals surface area contributed by atoms with Crippen LogP contribution in [0.5, 0.6) is 0 Å². The Kier molecular flexibility index (Phi) is 9.17. The molecule has 0 atom stereocenters. The summed E-state index contributed by atoms with van der Waals surface area (Å²) < 4.78 is 11.6. The van der Waals surface area contributed by atoms with Gasteiger partial charge in [-0.3, -0.25) is 19.8 Å². The van der Waals surface area contributed by atoms with Crippen molar-refractivity contribution in [3.63, 3.8) is 0 Å². The molecule has 0 radical (unpaired) electrons. The molecule has 2 fully saturated rings. The molecule has 2 saturated heterocycles. The number of ether oxygens (including phenoxy) is 2. The van der Waals surface area contributed by atoms with Gasteiger partial charge in [0.05, 0.1) is 38.0 Å². The Hall–Kier alpha value is -4.73. The van der Waals surface area contributed by atoms with Crippen LogP contribution in [0.25, 0.3) is 44.3 Å². The first-order chi connectivity index (χ1) is 23.0. The number of hydrogen-bond donors (Lipinski definition) is 2. The van der Waals surface area contributed by atoms with E-state index in [0.717, 1.165) is 42.4 Å². The van der Waals surface area contributed by atoms with Crippen molar-refractivity contribution in [2.24, 2.45) is 0 Å². The lowest BCUT2D eigenvalue weighted by Gasteiger charge is -2.27. The highest BCUT2D eigenvalue weighted by Gasteiger charge is 2.20. The molecule has 47 heavy (non-hydrogen) atoms. The Morgan fingerprint density at radius 2 is 1.26 bits per heavy atom. The Morgan fingerprint density at radius 1 is 0.681 bits per heavy atom. The Bertz CT molecular complexity index is 2050. The molecule has 2 aromatic carbocycles. The molecule has 13 heteroatoms. The number of H-pyrrole nitrogens is 2. The van der Waals surface area contributed by atoms with Gasteiger partial charge in [-0.05, 0) is 70.1 Å². The maximum absolute atomic E-state index is 12.6. The van der Waals surface area contributed by atoms with E-state index in [4.69, 9.17) is 9.47 Å². The number of pyridine rings is 2. The van der Waals surface area contributed by atoms with Crippen LogP contribution in [0.15, 0.2) is 79.3 Å². The average molecular weight is 743 g/mol. The van der Waals surface area contributed by atoms with Crippen molar-refractivity contribution in [1.82, 2.24) is 40.2 Å². The SMILES string of the molecule is O=C(c1cccc(-c2cnc3[nH]ncc3c2)c1)N1CCOCC1.O=C(c1cccc(-c2cnc3n[nH]c(I)c3c2)c1)N1CCOCC1. The normalized spacial score (nSPS) is 15.0. The van der Waals surface area contributed by atoms with E-state index in [1.165, 1.54) is 0 Å². The maximum atomic E-state index is 12.6. The lowest BCUT2D eigenvalue weighted by Crippen LogP contribution is -2.40. The van der Waals surface area contributed by atoms with Crippen molar-refractivity contribution in [2.75, 3.05) is 52.6 Å². The van der Waals surface area contributed by atoms with Gasteiger partial charge in [0, 0.05) is 66.2 Å².